The molecule has 2 heteroatoms. The Morgan fingerprint density at radius 1 is 0.267 bits per heavy atom. The molecule has 0 aliphatic rings. The summed E-state index contributed by atoms with van der Waals surface area (Å²) in [6, 6.07) is 86.2. The maximum atomic E-state index is 2.46. The third-order valence-electron chi connectivity index (χ3n) is 11.7. The van der Waals surface area contributed by atoms with E-state index in [2.05, 4.69) is 241 Å². The Kier molecular flexibility index (Phi) is 9.11. The van der Waals surface area contributed by atoms with E-state index in [1.807, 2.05) is 11.3 Å². The number of nitrogens with zero attached hydrogens (tertiary/aromatic N) is 1. The van der Waals surface area contributed by atoms with Crippen LogP contribution in [0.3, 0.4) is 0 Å². The van der Waals surface area contributed by atoms with Crippen LogP contribution in [0.4, 0.5) is 17.1 Å². The van der Waals surface area contributed by atoms with Crippen LogP contribution in [0.2, 0.25) is 0 Å². The fourth-order valence-corrected chi connectivity index (χ4v) is 9.90. The summed E-state index contributed by atoms with van der Waals surface area (Å²) < 4.78 is 2.57. The molecule has 0 saturated carbocycles. The van der Waals surface area contributed by atoms with Crippen molar-refractivity contribution >= 4 is 59.3 Å². The van der Waals surface area contributed by atoms with Crippen molar-refractivity contribution in [2.75, 3.05) is 4.90 Å². The van der Waals surface area contributed by atoms with Gasteiger partial charge in [0.15, 0.2) is 0 Å². The molecule has 0 unspecified atom stereocenters. The Bertz CT molecular complexity index is 3290. The minimum atomic E-state index is 1.09. The van der Waals surface area contributed by atoms with Crippen LogP contribution in [0.5, 0.6) is 0 Å². The van der Waals surface area contributed by atoms with Crippen LogP contribution in [0.15, 0.2) is 237 Å². The summed E-state index contributed by atoms with van der Waals surface area (Å²) in [5.41, 5.74) is 15.3. The minimum absolute atomic E-state index is 1.09. The van der Waals surface area contributed by atoms with Crippen molar-refractivity contribution < 1.29 is 0 Å². The number of anilines is 3. The van der Waals surface area contributed by atoms with E-state index >= 15 is 0 Å². The average Bonchev–Trinajstić information content (AvgIpc) is 3.70. The van der Waals surface area contributed by atoms with Gasteiger partial charge in [0.1, 0.15) is 0 Å². The Labute approximate surface area is 354 Å². The Balaban J connectivity index is 1.10. The van der Waals surface area contributed by atoms with Gasteiger partial charge in [0, 0.05) is 37.1 Å². The number of hydrogen-bond acceptors (Lipinski definition) is 2. The topological polar surface area (TPSA) is 3.24 Å². The van der Waals surface area contributed by atoms with E-state index in [1.54, 1.807) is 0 Å². The molecule has 0 spiro atoms. The predicted molar refractivity (Wildman–Crippen MR) is 259 cm³/mol. The summed E-state index contributed by atoms with van der Waals surface area (Å²) in [7, 11) is 0. The third-order valence-corrected chi connectivity index (χ3v) is 12.8. The minimum Gasteiger partial charge on any atom is -0.310 e. The van der Waals surface area contributed by atoms with Crippen LogP contribution in [-0.4, -0.2) is 0 Å². The van der Waals surface area contributed by atoms with E-state index in [9.17, 15) is 0 Å². The van der Waals surface area contributed by atoms with Crippen molar-refractivity contribution in [1.82, 2.24) is 0 Å². The second kappa shape index (κ2) is 15.3. The average molecular weight is 782 g/mol. The smallest absolute Gasteiger partial charge is 0.0546 e. The van der Waals surface area contributed by atoms with E-state index in [4.69, 9.17) is 0 Å². The van der Waals surface area contributed by atoms with Crippen LogP contribution in [0.1, 0.15) is 0 Å². The maximum Gasteiger partial charge on any atom is 0.0546 e. The zero-order valence-electron chi connectivity index (χ0n) is 32.9. The first-order chi connectivity index (χ1) is 29.7. The fourth-order valence-electron chi connectivity index (χ4n) is 8.76. The standard InChI is InChI=1S/C58H39NS/c1-4-15-41(16-5-1)51-34-29-45(37-55(51)44-19-8-3-9-20-44)40-27-31-47(32-28-40)59(48-33-36-54-53-24-12-13-26-57(53)60-58(54)39-48)56-38-46(30-35-52(56)43-17-6-2-7-18-43)50-25-14-22-42-21-10-11-23-49(42)50/h1-39H. The van der Waals surface area contributed by atoms with E-state index < -0.39 is 0 Å². The molecule has 0 radical (unpaired) electrons. The predicted octanol–water partition coefficient (Wildman–Crippen LogP) is 17.0. The highest BCUT2D eigenvalue weighted by Gasteiger charge is 2.21. The molecule has 0 amide bonds. The Morgan fingerprint density at radius 3 is 1.57 bits per heavy atom. The van der Waals surface area contributed by atoms with Crippen molar-refractivity contribution in [1.29, 1.82) is 0 Å². The number of hydrogen-bond donors (Lipinski definition) is 0. The van der Waals surface area contributed by atoms with Gasteiger partial charge < -0.3 is 4.90 Å². The van der Waals surface area contributed by atoms with Gasteiger partial charge in [-0.2, -0.15) is 0 Å². The first kappa shape index (κ1) is 35.6. The quantitative estimate of drug-likeness (QED) is 0.148. The lowest BCUT2D eigenvalue weighted by molar-refractivity contribution is 1.29. The van der Waals surface area contributed by atoms with Crippen molar-refractivity contribution in [2.24, 2.45) is 0 Å². The lowest BCUT2D eigenvalue weighted by atomic mass is 9.91. The van der Waals surface area contributed by atoms with Gasteiger partial charge >= 0.3 is 0 Å². The van der Waals surface area contributed by atoms with Crippen LogP contribution in [0, 0.1) is 0 Å². The van der Waals surface area contributed by atoms with Crippen molar-refractivity contribution in [3.63, 3.8) is 0 Å². The number of thiophene rings is 1. The molecule has 60 heavy (non-hydrogen) atoms. The molecule has 10 aromatic carbocycles. The summed E-state index contributed by atoms with van der Waals surface area (Å²) in [5.74, 6) is 0. The summed E-state index contributed by atoms with van der Waals surface area (Å²) in [4.78, 5) is 2.46. The second-order valence-corrected chi connectivity index (χ2v) is 16.4. The van der Waals surface area contributed by atoms with Crippen molar-refractivity contribution in [3.8, 4) is 55.6 Å². The van der Waals surface area contributed by atoms with Gasteiger partial charge in [-0.05, 0) is 103 Å². The summed E-state index contributed by atoms with van der Waals surface area (Å²) >= 11 is 1.86. The van der Waals surface area contributed by atoms with Crippen LogP contribution in [-0.2, 0) is 0 Å². The number of benzene rings is 10. The molecule has 0 saturated heterocycles. The van der Waals surface area contributed by atoms with E-state index in [1.165, 1.54) is 86.6 Å². The van der Waals surface area contributed by atoms with Gasteiger partial charge in [-0.3, -0.25) is 0 Å². The van der Waals surface area contributed by atoms with Gasteiger partial charge in [0.25, 0.3) is 0 Å². The highest BCUT2D eigenvalue weighted by Crippen LogP contribution is 2.46. The summed E-state index contributed by atoms with van der Waals surface area (Å²) in [6.07, 6.45) is 0. The SMILES string of the molecule is c1ccc(-c2ccc(-c3ccc(N(c4ccc5c(c4)sc4ccccc45)c4cc(-c5cccc6ccccc56)ccc4-c4ccccc4)cc3)cc2-c2ccccc2)cc1. The largest absolute Gasteiger partial charge is 0.310 e. The molecule has 11 aromatic rings. The van der Waals surface area contributed by atoms with Crippen LogP contribution in [0.25, 0.3) is 86.6 Å². The van der Waals surface area contributed by atoms with Gasteiger partial charge in [-0.1, -0.05) is 194 Å². The normalized spacial score (nSPS) is 11.3. The molecule has 1 aromatic heterocycles. The third kappa shape index (κ3) is 6.54. The Hall–Kier alpha value is -7.52. The monoisotopic (exact) mass is 781 g/mol. The zero-order valence-corrected chi connectivity index (χ0v) is 33.7. The first-order valence-corrected chi connectivity index (χ1v) is 21.3. The summed E-state index contributed by atoms with van der Waals surface area (Å²) in [6.45, 7) is 0. The molecule has 0 bridgehead atoms. The maximum absolute atomic E-state index is 2.46. The molecule has 0 atom stereocenters. The Morgan fingerprint density at radius 2 is 0.817 bits per heavy atom. The lowest BCUT2D eigenvalue weighted by Crippen LogP contribution is -2.11. The van der Waals surface area contributed by atoms with Gasteiger partial charge in [-0.25, -0.2) is 0 Å². The van der Waals surface area contributed by atoms with E-state index in [-0.39, 0.29) is 0 Å². The molecule has 0 fully saturated rings. The first-order valence-electron chi connectivity index (χ1n) is 20.5. The van der Waals surface area contributed by atoms with Gasteiger partial charge in [-0.15, -0.1) is 11.3 Å². The molecule has 1 nitrogen and oxygen atoms in total. The second-order valence-electron chi connectivity index (χ2n) is 15.3. The number of rotatable bonds is 8. The summed E-state index contributed by atoms with van der Waals surface area (Å²) in [5, 5.41) is 5.07. The van der Waals surface area contributed by atoms with Crippen molar-refractivity contribution in [3.05, 3.63) is 237 Å². The lowest BCUT2D eigenvalue weighted by Gasteiger charge is -2.29. The fraction of sp³-hybridized carbons (Fsp3) is 0. The molecule has 0 N–H and O–H groups in total. The molecular formula is C58H39NS. The molecular weight excluding hydrogens is 743 g/mol. The molecule has 0 aliphatic heterocycles. The van der Waals surface area contributed by atoms with E-state index in [0.717, 1.165) is 17.1 Å². The van der Waals surface area contributed by atoms with Gasteiger partial charge in [0.05, 0.1) is 5.69 Å². The molecule has 11 rings (SSSR count). The van der Waals surface area contributed by atoms with Crippen LogP contribution < -0.4 is 4.90 Å². The molecule has 1 heterocycles. The van der Waals surface area contributed by atoms with E-state index in [0.29, 0.717) is 0 Å². The zero-order chi connectivity index (χ0) is 39.8. The highest BCUT2D eigenvalue weighted by molar-refractivity contribution is 7.25. The highest BCUT2D eigenvalue weighted by atomic mass is 32.1. The molecule has 0 aliphatic carbocycles. The van der Waals surface area contributed by atoms with Crippen molar-refractivity contribution in [2.45, 2.75) is 0 Å². The molecule has 282 valence electrons. The van der Waals surface area contributed by atoms with Crippen LogP contribution >= 0.6 is 11.3 Å². The number of fused-ring (bicyclic) bond motifs is 4. The van der Waals surface area contributed by atoms with Gasteiger partial charge in [0.2, 0.25) is 0 Å².